The summed E-state index contributed by atoms with van der Waals surface area (Å²) in [5.41, 5.74) is 7.73. The fourth-order valence-corrected chi connectivity index (χ4v) is 2.09. The third kappa shape index (κ3) is 3.04. The molecule has 1 heterocycles. The summed E-state index contributed by atoms with van der Waals surface area (Å²) in [6, 6.07) is 8.02. The second-order valence-electron chi connectivity index (χ2n) is 3.73. The van der Waals surface area contributed by atoms with Gasteiger partial charge < -0.3 is 11.1 Å². The van der Waals surface area contributed by atoms with Crippen LogP contribution in [0.4, 0.5) is 5.13 Å². The average molecular weight is 247 g/mol. The van der Waals surface area contributed by atoms with Crippen LogP contribution in [0, 0.1) is 6.92 Å². The van der Waals surface area contributed by atoms with E-state index in [2.05, 4.69) is 10.3 Å². The van der Waals surface area contributed by atoms with Crippen molar-refractivity contribution in [2.45, 2.75) is 13.5 Å². The molecule has 0 radical (unpaired) electrons. The number of anilines is 1. The number of hydrogen-bond donors (Lipinski definition) is 2. The highest BCUT2D eigenvalue weighted by Crippen LogP contribution is 2.14. The maximum absolute atomic E-state index is 11.7. The number of carbonyl (C=O) groups is 1. The van der Waals surface area contributed by atoms with Crippen molar-refractivity contribution in [3.8, 4) is 0 Å². The van der Waals surface area contributed by atoms with Crippen molar-refractivity contribution < 1.29 is 4.79 Å². The van der Waals surface area contributed by atoms with Crippen LogP contribution < -0.4 is 11.1 Å². The Morgan fingerprint density at radius 1 is 1.53 bits per heavy atom. The zero-order valence-corrected chi connectivity index (χ0v) is 10.3. The molecule has 3 N–H and O–H groups in total. The molecule has 0 bridgehead atoms. The molecule has 0 aliphatic carbocycles. The number of amides is 1. The summed E-state index contributed by atoms with van der Waals surface area (Å²) in [5.74, 6) is -0.138. The van der Waals surface area contributed by atoms with E-state index < -0.39 is 0 Å². The van der Waals surface area contributed by atoms with Gasteiger partial charge in [0.25, 0.3) is 5.91 Å². The Balaban J connectivity index is 1.97. The molecule has 0 aliphatic heterocycles. The second-order valence-corrected chi connectivity index (χ2v) is 4.80. The number of thiazole rings is 1. The van der Waals surface area contributed by atoms with E-state index in [1.54, 1.807) is 0 Å². The Hall–Kier alpha value is -1.88. The zero-order chi connectivity index (χ0) is 12.3. The fourth-order valence-electron chi connectivity index (χ4n) is 1.48. The molecule has 0 fully saturated rings. The van der Waals surface area contributed by atoms with Gasteiger partial charge in [0.15, 0.2) is 5.13 Å². The van der Waals surface area contributed by atoms with Gasteiger partial charge >= 0.3 is 0 Å². The summed E-state index contributed by atoms with van der Waals surface area (Å²) in [4.78, 5) is 16.1. The molecule has 0 atom stereocenters. The molecular weight excluding hydrogens is 234 g/mol. The van der Waals surface area contributed by atoms with E-state index in [4.69, 9.17) is 5.73 Å². The van der Waals surface area contributed by atoms with Gasteiger partial charge in [-0.1, -0.05) is 41.2 Å². The topological polar surface area (TPSA) is 68.0 Å². The molecule has 0 aliphatic rings. The molecule has 0 saturated heterocycles. The summed E-state index contributed by atoms with van der Waals surface area (Å²) >= 11 is 1.19. The van der Waals surface area contributed by atoms with Crippen molar-refractivity contribution >= 4 is 22.4 Å². The van der Waals surface area contributed by atoms with Gasteiger partial charge in [-0.15, -0.1) is 0 Å². The molecule has 2 aromatic rings. The van der Waals surface area contributed by atoms with Crippen LogP contribution in [0.25, 0.3) is 0 Å². The predicted molar refractivity (Wildman–Crippen MR) is 68.9 cm³/mol. The highest BCUT2D eigenvalue weighted by molar-refractivity contribution is 7.17. The molecule has 4 nitrogen and oxygen atoms in total. The van der Waals surface area contributed by atoms with Gasteiger partial charge in [0, 0.05) is 6.54 Å². The highest BCUT2D eigenvalue weighted by Gasteiger charge is 2.08. The Morgan fingerprint density at radius 2 is 2.35 bits per heavy atom. The van der Waals surface area contributed by atoms with Gasteiger partial charge in [0.1, 0.15) is 4.88 Å². The number of aryl methyl sites for hydroxylation is 1. The van der Waals surface area contributed by atoms with Crippen LogP contribution in [0.15, 0.2) is 30.5 Å². The third-order valence-electron chi connectivity index (χ3n) is 2.28. The normalized spacial score (nSPS) is 10.2. The lowest BCUT2D eigenvalue weighted by atomic mass is 10.1. The first kappa shape index (κ1) is 11.6. The monoisotopic (exact) mass is 247 g/mol. The molecule has 1 amide bonds. The highest BCUT2D eigenvalue weighted by atomic mass is 32.1. The Morgan fingerprint density at radius 3 is 3.00 bits per heavy atom. The van der Waals surface area contributed by atoms with Gasteiger partial charge in [-0.3, -0.25) is 4.79 Å². The first-order chi connectivity index (χ1) is 8.15. The van der Waals surface area contributed by atoms with E-state index in [0.29, 0.717) is 16.6 Å². The minimum Gasteiger partial charge on any atom is -0.375 e. The Bertz CT molecular complexity index is 536. The van der Waals surface area contributed by atoms with Gasteiger partial charge in [-0.2, -0.15) is 0 Å². The fraction of sp³-hybridized carbons (Fsp3) is 0.167. The number of carbonyl (C=O) groups excluding carboxylic acids is 1. The van der Waals surface area contributed by atoms with Crippen LogP contribution in [0.1, 0.15) is 20.8 Å². The number of nitrogen functional groups attached to an aromatic ring is 1. The molecule has 0 spiro atoms. The molecule has 1 aromatic carbocycles. The largest absolute Gasteiger partial charge is 0.375 e. The number of benzene rings is 1. The number of aromatic nitrogens is 1. The second kappa shape index (κ2) is 4.97. The van der Waals surface area contributed by atoms with E-state index in [1.165, 1.54) is 23.1 Å². The van der Waals surface area contributed by atoms with E-state index in [0.717, 1.165) is 5.56 Å². The van der Waals surface area contributed by atoms with Crippen LogP contribution in [0.5, 0.6) is 0 Å². The van der Waals surface area contributed by atoms with E-state index >= 15 is 0 Å². The summed E-state index contributed by atoms with van der Waals surface area (Å²) in [5, 5.41) is 3.24. The third-order valence-corrected chi connectivity index (χ3v) is 3.11. The molecule has 0 unspecified atom stereocenters. The van der Waals surface area contributed by atoms with Crippen LogP contribution in [0.2, 0.25) is 0 Å². The maximum Gasteiger partial charge on any atom is 0.263 e. The Kier molecular flexibility index (Phi) is 3.39. The summed E-state index contributed by atoms with van der Waals surface area (Å²) in [6.45, 7) is 2.54. The van der Waals surface area contributed by atoms with Gasteiger partial charge in [-0.05, 0) is 12.5 Å². The zero-order valence-electron chi connectivity index (χ0n) is 9.43. The summed E-state index contributed by atoms with van der Waals surface area (Å²) < 4.78 is 0. The van der Waals surface area contributed by atoms with Crippen LogP contribution in [-0.2, 0) is 6.54 Å². The first-order valence-electron chi connectivity index (χ1n) is 5.20. The summed E-state index contributed by atoms with van der Waals surface area (Å²) in [7, 11) is 0. The van der Waals surface area contributed by atoms with Crippen molar-refractivity contribution in [1.29, 1.82) is 0 Å². The lowest BCUT2D eigenvalue weighted by Crippen LogP contribution is -2.21. The lowest BCUT2D eigenvalue weighted by Gasteiger charge is -2.04. The van der Waals surface area contributed by atoms with Gasteiger partial charge in [-0.25, -0.2) is 4.98 Å². The van der Waals surface area contributed by atoms with Gasteiger partial charge in [0.2, 0.25) is 0 Å². The molecule has 2 rings (SSSR count). The molecule has 5 heteroatoms. The smallest absolute Gasteiger partial charge is 0.263 e. The van der Waals surface area contributed by atoms with E-state index in [1.807, 2.05) is 31.2 Å². The van der Waals surface area contributed by atoms with Crippen molar-refractivity contribution in [2.24, 2.45) is 0 Å². The molecular formula is C12H13N3OS. The predicted octanol–water partition coefficient (Wildman–Crippen LogP) is 1.96. The maximum atomic E-state index is 11.7. The minimum atomic E-state index is -0.138. The molecule has 88 valence electrons. The molecule has 17 heavy (non-hydrogen) atoms. The van der Waals surface area contributed by atoms with Crippen LogP contribution >= 0.6 is 11.3 Å². The molecule has 0 saturated carbocycles. The number of nitrogens with two attached hydrogens (primary N) is 1. The Labute approximate surface area is 103 Å². The number of nitrogens with one attached hydrogen (secondary N) is 1. The van der Waals surface area contributed by atoms with E-state index in [9.17, 15) is 4.79 Å². The standard InChI is InChI=1S/C12H13N3OS/c1-8-3-2-4-9(5-8)6-14-11(16)10-7-15-12(13)17-10/h2-5,7H,6H2,1H3,(H2,13,15)(H,14,16). The van der Waals surface area contributed by atoms with Crippen molar-refractivity contribution in [1.82, 2.24) is 10.3 Å². The number of rotatable bonds is 3. The van der Waals surface area contributed by atoms with Crippen LogP contribution in [0.3, 0.4) is 0 Å². The van der Waals surface area contributed by atoms with Crippen molar-refractivity contribution in [3.63, 3.8) is 0 Å². The van der Waals surface area contributed by atoms with Crippen molar-refractivity contribution in [2.75, 3.05) is 5.73 Å². The summed E-state index contributed by atoms with van der Waals surface area (Å²) in [6.07, 6.45) is 1.49. The lowest BCUT2D eigenvalue weighted by molar-refractivity contribution is 0.0955. The van der Waals surface area contributed by atoms with Crippen molar-refractivity contribution in [3.05, 3.63) is 46.5 Å². The quantitative estimate of drug-likeness (QED) is 0.871. The van der Waals surface area contributed by atoms with Gasteiger partial charge in [0.05, 0.1) is 6.20 Å². The van der Waals surface area contributed by atoms with E-state index in [-0.39, 0.29) is 5.91 Å². The number of nitrogens with zero attached hydrogens (tertiary/aromatic N) is 1. The van der Waals surface area contributed by atoms with Crippen LogP contribution in [-0.4, -0.2) is 10.9 Å². The SMILES string of the molecule is Cc1cccc(CNC(=O)c2cnc(N)s2)c1. The average Bonchev–Trinajstić information content (AvgIpc) is 2.73. The minimum absolute atomic E-state index is 0.138. The molecule has 1 aromatic heterocycles. The first-order valence-corrected chi connectivity index (χ1v) is 6.02. The number of hydrogen-bond acceptors (Lipinski definition) is 4.